The number of hydrogen-bond acceptors (Lipinski definition) is 3. The van der Waals surface area contributed by atoms with Gasteiger partial charge in [0.25, 0.3) is 0 Å². The van der Waals surface area contributed by atoms with E-state index in [2.05, 4.69) is 50.5 Å². The molecule has 0 unspecified atom stereocenters. The summed E-state index contributed by atoms with van der Waals surface area (Å²) in [4.78, 5) is 10.5. The predicted octanol–water partition coefficient (Wildman–Crippen LogP) is 2.64. The molecule has 1 aliphatic rings. The van der Waals surface area contributed by atoms with Gasteiger partial charge in [-0.3, -0.25) is 4.90 Å². The Morgan fingerprint density at radius 3 is 2.50 bits per heavy atom. The van der Waals surface area contributed by atoms with Crippen LogP contribution in [0.3, 0.4) is 0 Å². The maximum atomic E-state index is 4.65. The molecule has 112 valence electrons. The van der Waals surface area contributed by atoms with Crippen LogP contribution in [-0.4, -0.2) is 41.0 Å². The molecule has 4 heteroatoms. The van der Waals surface area contributed by atoms with E-state index >= 15 is 0 Å². The zero-order valence-electron chi connectivity index (χ0n) is 12.5. The fraction of sp³-hybridized carbons (Fsp3) is 0.278. The second-order valence-electron chi connectivity index (χ2n) is 5.83. The van der Waals surface area contributed by atoms with Crippen LogP contribution in [0.25, 0.3) is 22.4 Å². The van der Waals surface area contributed by atoms with E-state index in [0.29, 0.717) is 0 Å². The highest BCUT2D eigenvalue weighted by Gasteiger charge is 2.10. The molecule has 0 spiro atoms. The number of para-hydroxylation sites is 2. The van der Waals surface area contributed by atoms with E-state index < -0.39 is 0 Å². The van der Waals surface area contributed by atoms with Crippen molar-refractivity contribution >= 4 is 11.0 Å². The minimum Gasteiger partial charge on any atom is -0.338 e. The first-order chi connectivity index (χ1) is 10.9. The Bertz CT molecular complexity index is 721. The van der Waals surface area contributed by atoms with Gasteiger partial charge in [0.05, 0.1) is 11.0 Å². The summed E-state index contributed by atoms with van der Waals surface area (Å²) in [5.74, 6) is 0.940. The molecule has 0 amide bonds. The van der Waals surface area contributed by atoms with Crippen molar-refractivity contribution in [1.82, 2.24) is 20.2 Å². The monoisotopic (exact) mass is 292 g/mol. The van der Waals surface area contributed by atoms with Gasteiger partial charge in [-0.05, 0) is 17.7 Å². The van der Waals surface area contributed by atoms with E-state index in [1.54, 1.807) is 0 Å². The SMILES string of the molecule is c1ccc2[nH]c(-c3ccc(CN4CCNCC4)cc3)nc2c1. The van der Waals surface area contributed by atoms with Crippen molar-refractivity contribution in [2.75, 3.05) is 26.2 Å². The molecule has 1 aromatic heterocycles. The fourth-order valence-corrected chi connectivity index (χ4v) is 2.98. The number of fused-ring (bicyclic) bond motifs is 1. The number of nitrogens with one attached hydrogen (secondary N) is 2. The van der Waals surface area contributed by atoms with Crippen LogP contribution in [0.2, 0.25) is 0 Å². The van der Waals surface area contributed by atoms with E-state index in [4.69, 9.17) is 0 Å². The molecule has 1 saturated heterocycles. The molecular weight excluding hydrogens is 272 g/mol. The molecule has 0 saturated carbocycles. The van der Waals surface area contributed by atoms with E-state index in [9.17, 15) is 0 Å². The van der Waals surface area contributed by atoms with Gasteiger partial charge in [-0.2, -0.15) is 0 Å². The molecule has 22 heavy (non-hydrogen) atoms. The van der Waals surface area contributed by atoms with Gasteiger partial charge in [0.2, 0.25) is 0 Å². The van der Waals surface area contributed by atoms with Crippen LogP contribution in [-0.2, 0) is 6.54 Å². The average Bonchev–Trinajstić information content (AvgIpc) is 3.00. The predicted molar refractivity (Wildman–Crippen MR) is 89.7 cm³/mol. The quantitative estimate of drug-likeness (QED) is 0.780. The van der Waals surface area contributed by atoms with Gasteiger partial charge in [-0.15, -0.1) is 0 Å². The number of benzene rings is 2. The van der Waals surface area contributed by atoms with Crippen LogP contribution in [0, 0.1) is 0 Å². The van der Waals surface area contributed by atoms with Gasteiger partial charge in [-0.1, -0.05) is 36.4 Å². The number of nitrogens with zero attached hydrogens (tertiary/aromatic N) is 2. The second-order valence-corrected chi connectivity index (χ2v) is 5.83. The molecule has 4 nitrogen and oxygen atoms in total. The molecule has 2 N–H and O–H groups in total. The first kappa shape index (κ1) is 13.5. The molecular formula is C18H20N4. The lowest BCUT2D eigenvalue weighted by molar-refractivity contribution is 0.233. The summed E-state index contributed by atoms with van der Waals surface area (Å²) >= 11 is 0. The fourth-order valence-electron chi connectivity index (χ4n) is 2.98. The van der Waals surface area contributed by atoms with Gasteiger partial charge in [0, 0.05) is 38.3 Å². The van der Waals surface area contributed by atoms with Crippen LogP contribution in [0.5, 0.6) is 0 Å². The molecule has 0 atom stereocenters. The van der Waals surface area contributed by atoms with Crippen molar-refractivity contribution in [3.05, 3.63) is 54.1 Å². The molecule has 1 fully saturated rings. The van der Waals surface area contributed by atoms with Crippen molar-refractivity contribution in [2.24, 2.45) is 0 Å². The largest absolute Gasteiger partial charge is 0.338 e. The van der Waals surface area contributed by atoms with Crippen LogP contribution in [0.1, 0.15) is 5.56 Å². The van der Waals surface area contributed by atoms with Gasteiger partial charge in [-0.25, -0.2) is 4.98 Å². The standard InChI is InChI=1S/C18H20N4/c1-2-4-17-16(3-1)20-18(21-17)15-7-5-14(6-8-15)13-22-11-9-19-10-12-22/h1-8,19H,9-13H2,(H,20,21). The van der Waals surface area contributed by atoms with Crippen molar-refractivity contribution < 1.29 is 0 Å². The lowest BCUT2D eigenvalue weighted by atomic mass is 10.1. The van der Waals surface area contributed by atoms with Crippen LogP contribution >= 0.6 is 0 Å². The third-order valence-corrected chi connectivity index (χ3v) is 4.23. The topological polar surface area (TPSA) is 44.0 Å². The van der Waals surface area contributed by atoms with Gasteiger partial charge in [0.1, 0.15) is 5.82 Å². The zero-order valence-corrected chi connectivity index (χ0v) is 12.5. The molecule has 0 radical (unpaired) electrons. The summed E-state index contributed by atoms with van der Waals surface area (Å²) < 4.78 is 0. The number of piperazine rings is 1. The van der Waals surface area contributed by atoms with E-state index in [1.807, 2.05) is 18.2 Å². The van der Waals surface area contributed by atoms with Crippen molar-refractivity contribution in [3.63, 3.8) is 0 Å². The maximum absolute atomic E-state index is 4.65. The van der Waals surface area contributed by atoms with E-state index in [-0.39, 0.29) is 0 Å². The smallest absolute Gasteiger partial charge is 0.138 e. The highest BCUT2D eigenvalue weighted by atomic mass is 15.2. The Kier molecular flexibility index (Phi) is 3.62. The molecule has 2 heterocycles. The number of aromatic amines is 1. The minimum atomic E-state index is 0.940. The van der Waals surface area contributed by atoms with Crippen LogP contribution < -0.4 is 5.32 Å². The Morgan fingerprint density at radius 1 is 0.955 bits per heavy atom. The Hall–Kier alpha value is -2.17. The van der Waals surface area contributed by atoms with E-state index in [0.717, 1.165) is 55.1 Å². The van der Waals surface area contributed by atoms with Crippen LogP contribution in [0.4, 0.5) is 0 Å². The number of H-pyrrole nitrogens is 1. The summed E-state index contributed by atoms with van der Waals surface area (Å²) in [5.41, 5.74) is 4.60. The third kappa shape index (κ3) is 2.75. The van der Waals surface area contributed by atoms with Crippen molar-refractivity contribution in [2.45, 2.75) is 6.54 Å². The molecule has 4 rings (SSSR count). The Morgan fingerprint density at radius 2 is 1.73 bits per heavy atom. The summed E-state index contributed by atoms with van der Waals surface area (Å²) in [6.07, 6.45) is 0. The number of aromatic nitrogens is 2. The maximum Gasteiger partial charge on any atom is 0.138 e. The van der Waals surface area contributed by atoms with Gasteiger partial charge < -0.3 is 10.3 Å². The third-order valence-electron chi connectivity index (χ3n) is 4.23. The molecule has 0 bridgehead atoms. The van der Waals surface area contributed by atoms with Crippen LogP contribution in [0.15, 0.2) is 48.5 Å². The molecule has 2 aromatic carbocycles. The summed E-state index contributed by atoms with van der Waals surface area (Å²) in [6.45, 7) is 5.48. The molecule has 3 aromatic rings. The summed E-state index contributed by atoms with van der Waals surface area (Å²) in [5, 5.41) is 3.39. The molecule has 0 aliphatic carbocycles. The Labute approximate surface area is 130 Å². The highest BCUT2D eigenvalue weighted by Crippen LogP contribution is 2.21. The number of imidazole rings is 1. The van der Waals surface area contributed by atoms with Crippen molar-refractivity contribution in [3.8, 4) is 11.4 Å². The normalized spacial score (nSPS) is 16.2. The molecule has 1 aliphatic heterocycles. The second kappa shape index (κ2) is 5.91. The summed E-state index contributed by atoms with van der Waals surface area (Å²) in [7, 11) is 0. The van der Waals surface area contributed by atoms with E-state index in [1.165, 1.54) is 5.56 Å². The first-order valence-electron chi connectivity index (χ1n) is 7.86. The highest BCUT2D eigenvalue weighted by molar-refractivity contribution is 5.79. The first-order valence-corrected chi connectivity index (χ1v) is 7.86. The van der Waals surface area contributed by atoms with Gasteiger partial charge >= 0.3 is 0 Å². The average molecular weight is 292 g/mol. The summed E-state index contributed by atoms with van der Waals surface area (Å²) in [6, 6.07) is 16.9. The number of hydrogen-bond donors (Lipinski definition) is 2. The minimum absolute atomic E-state index is 0.940. The number of rotatable bonds is 3. The van der Waals surface area contributed by atoms with Gasteiger partial charge in [0.15, 0.2) is 0 Å². The zero-order chi connectivity index (χ0) is 14.8. The lowest BCUT2D eigenvalue weighted by Gasteiger charge is -2.27. The Balaban J connectivity index is 1.53. The lowest BCUT2D eigenvalue weighted by Crippen LogP contribution is -2.42. The van der Waals surface area contributed by atoms with Crippen molar-refractivity contribution in [1.29, 1.82) is 0 Å².